The second-order valence-electron chi connectivity index (χ2n) is 4.95. The van der Waals surface area contributed by atoms with Gasteiger partial charge in [0.1, 0.15) is 11.9 Å². The van der Waals surface area contributed by atoms with Crippen molar-refractivity contribution in [1.29, 1.82) is 0 Å². The van der Waals surface area contributed by atoms with Gasteiger partial charge in [-0.15, -0.1) is 0 Å². The third-order valence-electron chi connectivity index (χ3n) is 3.29. The SMILES string of the molecule is CC1CC1Oc1cc(C(F)(F)C(N)C(=O)O)ccc1Cl. The lowest BCUT2D eigenvalue weighted by atomic mass is 10.0. The zero-order valence-corrected chi connectivity index (χ0v) is 11.4. The summed E-state index contributed by atoms with van der Waals surface area (Å²) in [6, 6.07) is 1.03. The van der Waals surface area contributed by atoms with Crippen LogP contribution in [0, 0.1) is 5.92 Å². The zero-order chi connectivity index (χ0) is 15.1. The highest BCUT2D eigenvalue weighted by atomic mass is 35.5. The molecule has 3 atom stereocenters. The average Bonchev–Trinajstić information content (AvgIpc) is 3.06. The van der Waals surface area contributed by atoms with Crippen LogP contribution < -0.4 is 10.5 Å². The maximum absolute atomic E-state index is 13.9. The fourth-order valence-corrected chi connectivity index (χ4v) is 1.91. The summed E-state index contributed by atoms with van der Waals surface area (Å²) in [4.78, 5) is 10.6. The van der Waals surface area contributed by atoms with Crippen molar-refractivity contribution in [2.24, 2.45) is 11.7 Å². The van der Waals surface area contributed by atoms with Gasteiger partial charge in [0.25, 0.3) is 5.92 Å². The van der Waals surface area contributed by atoms with Crippen LogP contribution in [-0.2, 0) is 10.7 Å². The van der Waals surface area contributed by atoms with Crippen LogP contribution in [-0.4, -0.2) is 23.2 Å². The van der Waals surface area contributed by atoms with Crippen molar-refractivity contribution < 1.29 is 23.4 Å². The zero-order valence-electron chi connectivity index (χ0n) is 10.6. The van der Waals surface area contributed by atoms with Gasteiger partial charge in [0, 0.05) is 5.56 Å². The van der Waals surface area contributed by atoms with Gasteiger partial charge >= 0.3 is 5.97 Å². The summed E-state index contributed by atoms with van der Waals surface area (Å²) in [5.41, 5.74) is 4.50. The highest BCUT2D eigenvalue weighted by molar-refractivity contribution is 6.32. The lowest BCUT2D eigenvalue weighted by Crippen LogP contribution is -2.45. The largest absolute Gasteiger partial charge is 0.489 e. The van der Waals surface area contributed by atoms with E-state index >= 15 is 0 Å². The lowest BCUT2D eigenvalue weighted by molar-refractivity contribution is -0.149. The van der Waals surface area contributed by atoms with E-state index in [1.165, 1.54) is 6.07 Å². The number of alkyl halides is 2. The van der Waals surface area contributed by atoms with Crippen molar-refractivity contribution in [3.63, 3.8) is 0 Å². The Morgan fingerprint density at radius 3 is 2.70 bits per heavy atom. The topological polar surface area (TPSA) is 72.5 Å². The van der Waals surface area contributed by atoms with Crippen molar-refractivity contribution in [2.45, 2.75) is 31.4 Å². The van der Waals surface area contributed by atoms with E-state index in [0.29, 0.717) is 5.92 Å². The van der Waals surface area contributed by atoms with Crippen LogP contribution in [0.2, 0.25) is 5.02 Å². The Hall–Kier alpha value is -1.40. The number of aliphatic carboxylic acids is 1. The van der Waals surface area contributed by atoms with Crippen LogP contribution in [0.25, 0.3) is 0 Å². The number of carboxylic acid groups (broad SMARTS) is 1. The molecule has 3 N–H and O–H groups in total. The predicted molar refractivity (Wildman–Crippen MR) is 69.2 cm³/mol. The maximum atomic E-state index is 13.9. The van der Waals surface area contributed by atoms with Gasteiger partial charge in [-0.1, -0.05) is 24.6 Å². The summed E-state index contributed by atoms with van der Waals surface area (Å²) in [6.45, 7) is 1.97. The molecule has 20 heavy (non-hydrogen) atoms. The van der Waals surface area contributed by atoms with Crippen LogP contribution in [0.3, 0.4) is 0 Å². The predicted octanol–water partition coefficient (Wildman–Crippen LogP) is 2.63. The van der Waals surface area contributed by atoms with E-state index in [1.807, 2.05) is 6.92 Å². The van der Waals surface area contributed by atoms with Gasteiger partial charge in [0.15, 0.2) is 6.04 Å². The van der Waals surface area contributed by atoms with Crippen molar-refractivity contribution in [2.75, 3.05) is 0 Å². The first-order valence-corrected chi connectivity index (χ1v) is 6.44. The first-order chi connectivity index (χ1) is 9.23. The maximum Gasteiger partial charge on any atom is 0.327 e. The number of hydrogen-bond acceptors (Lipinski definition) is 3. The molecule has 0 amide bonds. The van der Waals surface area contributed by atoms with E-state index in [1.54, 1.807) is 0 Å². The summed E-state index contributed by atoms with van der Waals surface area (Å²) < 4.78 is 33.4. The molecule has 2 rings (SSSR count). The Morgan fingerprint density at radius 2 is 2.20 bits per heavy atom. The quantitative estimate of drug-likeness (QED) is 0.877. The van der Waals surface area contributed by atoms with E-state index in [-0.39, 0.29) is 16.9 Å². The molecule has 0 saturated heterocycles. The number of rotatable bonds is 5. The molecule has 0 radical (unpaired) electrons. The number of carboxylic acids is 1. The summed E-state index contributed by atoms with van der Waals surface area (Å²) in [6.07, 6.45) is 0.801. The van der Waals surface area contributed by atoms with Crippen LogP contribution in [0.5, 0.6) is 5.75 Å². The average molecular weight is 306 g/mol. The molecule has 4 nitrogen and oxygen atoms in total. The van der Waals surface area contributed by atoms with E-state index in [4.69, 9.17) is 27.2 Å². The highest BCUT2D eigenvalue weighted by Gasteiger charge is 2.44. The van der Waals surface area contributed by atoms with Crippen molar-refractivity contribution in [3.8, 4) is 5.75 Å². The van der Waals surface area contributed by atoms with Gasteiger partial charge in [-0.2, -0.15) is 8.78 Å². The minimum atomic E-state index is -3.70. The number of nitrogens with two attached hydrogens (primary N) is 1. The number of carbonyl (C=O) groups is 1. The van der Waals surface area contributed by atoms with Crippen molar-refractivity contribution >= 4 is 17.6 Å². The minimum Gasteiger partial charge on any atom is -0.489 e. The fourth-order valence-electron chi connectivity index (χ4n) is 1.75. The Labute approximate surface area is 119 Å². The molecule has 1 aromatic carbocycles. The first-order valence-electron chi connectivity index (χ1n) is 6.06. The van der Waals surface area contributed by atoms with Crippen molar-refractivity contribution in [1.82, 2.24) is 0 Å². The summed E-state index contributed by atoms with van der Waals surface area (Å²) >= 11 is 5.89. The second-order valence-corrected chi connectivity index (χ2v) is 5.36. The molecule has 1 aliphatic carbocycles. The number of hydrogen-bond donors (Lipinski definition) is 2. The third kappa shape index (κ3) is 2.86. The third-order valence-corrected chi connectivity index (χ3v) is 3.60. The molecule has 0 spiro atoms. The molecule has 0 aromatic heterocycles. The molecule has 110 valence electrons. The number of benzene rings is 1. The van der Waals surface area contributed by atoms with Gasteiger partial charge in [0.2, 0.25) is 0 Å². The van der Waals surface area contributed by atoms with Crippen LogP contribution in [0.4, 0.5) is 8.78 Å². The number of ether oxygens (including phenoxy) is 1. The van der Waals surface area contributed by atoms with E-state index in [9.17, 15) is 13.6 Å². The smallest absolute Gasteiger partial charge is 0.327 e. The highest BCUT2D eigenvalue weighted by Crippen LogP contribution is 2.40. The van der Waals surface area contributed by atoms with E-state index < -0.39 is 23.5 Å². The van der Waals surface area contributed by atoms with Gasteiger partial charge in [0.05, 0.1) is 5.02 Å². The standard InChI is InChI=1S/C13H14ClF2NO3/c1-6-4-9(6)20-10-5-7(2-3-8(10)14)13(15,16)11(17)12(18)19/h2-3,5-6,9,11H,4,17H2,1H3,(H,18,19). The Balaban J connectivity index is 2.28. The van der Waals surface area contributed by atoms with Gasteiger partial charge in [-0.3, -0.25) is 4.79 Å². The monoisotopic (exact) mass is 305 g/mol. The summed E-state index contributed by atoms with van der Waals surface area (Å²) in [7, 11) is 0. The van der Waals surface area contributed by atoms with Gasteiger partial charge in [-0.25, -0.2) is 0 Å². The Morgan fingerprint density at radius 1 is 1.60 bits per heavy atom. The van der Waals surface area contributed by atoms with Crippen LogP contribution in [0.15, 0.2) is 18.2 Å². The van der Waals surface area contributed by atoms with Gasteiger partial charge in [-0.05, 0) is 24.5 Å². The molecule has 1 aromatic rings. The van der Waals surface area contributed by atoms with E-state index in [2.05, 4.69) is 0 Å². The van der Waals surface area contributed by atoms with Gasteiger partial charge < -0.3 is 15.6 Å². The first kappa shape index (κ1) is 15.0. The molecular weight excluding hydrogens is 292 g/mol. The molecule has 1 aliphatic rings. The molecule has 3 unspecified atom stereocenters. The second kappa shape index (κ2) is 5.18. The molecule has 7 heteroatoms. The van der Waals surface area contributed by atoms with Crippen LogP contribution in [0.1, 0.15) is 18.9 Å². The number of halogens is 3. The van der Waals surface area contributed by atoms with Crippen molar-refractivity contribution in [3.05, 3.63) is 28.8 Å². The molecule has 0 bridgehead atoms. The Kier molecular flexibility index (Phi) is 3.88. The summed E-state index contributed by atoms with van der Waals surface area (Å²) in [5, 5.41) is 8.83. The Bertz CT molecular complexity index is 538. The lowest BCUT2D eigenvalue weighted by Gasteiger charge is -2.21. The molecular formula is C13H14ClF2NO3. The van der Waals surface area contributed by atoms with Crippen LogP contribution >= 0.6 is 11.6 Å². The normalized spacial score (nSPS) is 23.2. The molecule has 1 saturated carbocycles. The molecule has 1 fully saturated rings. The fraction of sp³-hybridized carbons (Fsp3) is 0.462. The summed E-state index contributed by atoms with van der Waals surface area (Å²) in [5.74, 6) is -5.00. The molecule has 0 heterocycles. The molecule has 0 aliphatic heterocycles. The minimum absolute atomic E-state index is 0.0375. The van der Waals surface area contributed by atoms with E-state index in [0.717, 1.165) is 18.6 Å².